The zero-order valence-corrected chi connectivity index (χ0v) is 8.77. The summed E-state index contributed by atoms with van der Waals surface area (Å²) in [6, 6.07) is 8.72. The SMILES string of the molecule is CC(C)c1ccccc1C1C=CC=C1. The molecule has 0 unspecified atom stereocenters. The molecule has 0 fully saturated rings. The van der Waals surface area contributed by atoms with E-state index in [1.807, 2.05) is 0 Å². The van der Waals surface area contributed by atoms with E-state index in [-0.39, 0.29) is 0 Å². The molecule has 0 nitrogen and oxygen atoms in total. The summed E-state index contributed by atoms with van der Waals surface area (Å²) in [5.41, 5.74) is 2.92. The van der Waals surface area contributed by atoms with Crippen LogP contribution in [0.5, 0.6) is 0 Å². The fourth-order valence-corrected chi connectivity index (χ4v) is 1.98. The maximum atomic E-state index is 2.25. The average Bonchev–Trinajstić information content (AvgIpc) is 2.70. The highest BCUT2D eigenvalue weighted by Gasteiger charge is 2.12. The molecule has 0 heterocycles. The van der Waals surface area contributed by atoms with Gasteiger partial charge in [-0.2, -0.15) is 0 Å². The third-order valence-corrected chi connectivity index (χ3v) is 2.73. The minimum absolute atomic E-state index is 0.494. The van der Waals surface area contributed by atoms with Gasteiger partial charge in [-0.25, -0.2) is 0 Å². The minimum atomic E-state index is 0.494. The van der Waals surface area contributed by atoms with Crippen molar-refractivity contribution in [3.05, 3.63) is 59.7 Å². The van der Waals surface area contributed by atoms with E-state index in [2.05, 4.69) is 62.4 Å². The summed E-state index contributed by atoms with van der Waals surface area (Å²) in [7, 11) is 0. The lowest BCUT2D eigenvalue weighted by Gasteiger charge is -2.15. The Hall–Kier alpha value is -1.30. The highest BCUT2D eigenvalue weighted by atomic mass is 14.2. The Morgan fingerprint density at radius 2 is 1.64 bits per heavy atom. The normalized spacial score (nSPS) is 15.6. The number of allylic oxidation sites excluding steroid dienone is 4. The number of rotatable bonds is 2. The molecular weight excluding hydrogens is 168 g/mol. The topological polar surface area (TPSA) is 0 Å². The van der Waals surface area contributed by atoms with E-state index in [0.717, 1.165) is 0 Å². The van der Waals surface area contributed by atoms with Gasteiger partial charge in [-0.3, -0.25) is 0 Å². The Morgan fingerprint density at radius 1 is 1.00 bits per heavy atom. The van der Waals surface area contributed by atoms with Gasteiger partial charge < -0.3 is 0 Å². The molecule has 1 aliphatic rings. The summed E-state index contributed by atoms with van der Waals surface area (Å²) in [4.78, 5) is 0. The van der Waals surface area contributed by atoms with Crippen LogP contribution < -0.4 is 0 Å². The van der Waals surface area contributed by atoms with Crippen LogP contribution in [-0.2, 0) is 0 Å². The molecule has 0 radical (unpaired) electrons. The van der Waals surface area contributed by atoms with E-state index in [1.54, 1.807) is 0 Å². The molecule has 0 heteroatoms. The maximum absolute atomic E-state index is 2.25. The first-order valence-corrected chi connectivity index (χ1v) is 5.23. The van der Waals surface area contributed by atoms with E-state index in [9.17, 15) is 0 Å². The van der Waals surface area contributed by atoms with Gasteiger partial charge >= 0.3 is 0 Å². The first kappa shape index (κ1) is 9.26. The smallest absolute Gasteiger partial charge is 0.0207 e. The first-order chi connectivity index (χ1) is 6.79. The molecule has 2 rings (SSSR count). The Morgan fingerprint density at radius 3 is 2.29 bits per heavy atom. The molecule has 14 heavy (non-hydrogen) atoms. The van der Waals surface area contributed by atoms with Gasteiger partial charge in [0.05, 0.1) is 0 Å². The van der Waals surface area contributed by atoms with Gasteiger partial charge in [0, 0.05) is 5.92 Å². The van der Waals surface area contributed by atoms with E-state index < -0.39 is 0 Å². The lowest BCUT2D eigenvalue weighted by atomic mass is 9.90. The van der Waals surface area contributed by atoms with Crippen molar-refractivity contribution in [2.75, 3.05) is 0 Å². The molecule has 0 aromatic heterocycles. The number of benzene rings is 1. The predicted octanol–water partition coefficient (Wildman–Crippen LogP) is 4.02. The van der Waals surface area contributed by atoms with Crippen LogP contribution in [0.2, 0.25) is 0 Å². The van der Waals surface area contributed by atoms with Crippen molar-refractivity contribution in [3.63, 3.8) is 0 Å². The summed E-state index contributed by atoms with van der Waals surface area (Å²) in [6.45, 7) is 4.50. The molecule has 0 saturated heterocycles. The summed E-state index contributed by atoms with van der Waals surface area (Å²) in [6.07, 6.45) is 8.76. The van der Waals surface area contributed by atoms with Crippen LogP contribution in [0, 0.1) is 0 Å². The number of hydrogen-bond acceptors (Lipinski definition) is 0. The molecule has 0 atom stereocenters. The van der Waals surface area contributed by atoms with Crippen LogP contribution in [0.15, 0.2) is 48.6 Å². The molecule has 0 spiro atoms. The van der Waals surface area contributed by atoms with Gasteiger partial charge in [0.1, 0.15) is 0 Å². The van der Waals surface area contributed by atoms with Gasteiger partial charge in [-0.15, -0.1) is 0 Å². The summed E-state index contributed by atoms with van der Waals surface area (Å²) in [5, 5.41) is 0. The predicted molar refractivity (Wildman–Crippen MR) is 61.6 cm³/mol. The molecule has 0 saturated carbocycles. The molecular formula is C14H16. The molecule has 72 valence electrons. The van der Waals surface area contributed by atoms with Gasteiger partial charge in [0.15, 0.2) is 0 Å². The standard InChI is InChI=1S/C14H16/c1-11(2)13-9-5-6-10-14(13)12-7-3-4-8-12/h3-12H,1-2H3. The molecule has 1 aromatic rings. The summed E-state index contributed by atoms with van der Waals surface area (Å²) >= 11 is 0. The monoisotopic (exact) mass is 184 g/mol. The number of hydrogen-bond donors (Lipinski definition) is 0. The molecule has 0 N–H and O–H groups in total. The van der Waals surface area contributed by atoms with Crippen molar-refractivity contribution >= 4 is 0 Å². The van der Waals surface area contributed by atoms with Crippen molar-refractivity contribution in [1.29, 1.82) is 0 Å². The fraction of sp³-hybridized carbons (Fsp3) is 0.286. The highest BCUT2D eigenvalue weighted by Crippen LogP contribution is 2.29. The van der Waals surface area contributed by atoms with Crippen molar-refractivity contribution < 1.29 is 0 Å². The Labute approximate surface area is 86.0 Å². The minimum Gasteiger partial charge on any atom is -0.0732 e. The van der Waals surface area contributed by atoms with Crippen molar-refractivity contribution in [1.82, 2.24) is 0 Å². The summed E-state index contributed by atoms with van der Waals surface area (Å²) in [5.74, 6) is 1.10. The zero-order valence-electron chi connectivity index (χ0n) is 8.77. The van der Waals surface area contributed by atoms with Gasteiger partial charge in [-0.05, 0) is 17.0 Å². The first-order valence-electron chi connectivity index (χ1n) is 5.23. The van der Waals surface area contributed by atoms with Crippen LogP contribution >= 0.6 is 0 Å². The summed E-state index contributed by atoms with van der Waals surface area (Å²) < 4.78 is 0. The largest absolute Gasteiger partial charge is 0.0732 e. The second-order valence-corrected chi connectivity index (χ2v) is 4.08. The Kier molecular flexibility index (Phi) is 2.53. The molecule has 0 amide bonds. The van der Waals surface area contributed by atoms with Gasteiger partial charge in [0.2, 0.25) is 0 Å². The third-order valence-electron chi connectivity index (χ3n) is 2.73. The van der Waals surface area contributed by atoms with Crippen molar-refractivity contribution in [3.8, 4) is 0 Å². The van der Waals surface area contributed by atoms with Gasteiger partial charge in [-0.1, -0.05) is 62.4 Å². The second kappa shape index (κ2) is 3.83. The van der Waals surface area contributed by atoms with E-state index in [1.165, 1.54) is 11.1 Å². The Bertz CT molecular complexity index is 357. The van der Waals surface area contributed by atoms with Crippen LogP contribution in [0.3, 0.4) is 0 Å². The fourth-order valence-electron chi connectivity index (χ4n) is 1.98. The third kappa shape index (κ3) is 1.65. The molecule has 1 aromatic carbocycles. The van der Waals surface area contributed by atoms with E-state index in [0.29, 0.717) is 11.8 Å². The van der Waals surface area contributed by atoms with E-state index >= 15 is 0 Å². The lowest BCUT2D eigenvalue weighted by molar-refractivity contribution is 0.840. The molecule has 1 aliphatic carbocycles. The highest BCUT2D eigenvalue weighted by molar-refractivity contribution is 5.41. The second-order valence-electron chi connectivity index (χ2n) is 4.08. The van der Waals surface area contributed by atoms with Crippen LogP contribution in [0.4, 0.5) is 0 Å². The zero-order chi connectivity index (χ0) is 9.97. The Balaban J connectivity index is 2.41. The van der Waals surface area contributed by atoms with E-state index in [4.69, 9.17) is 0 Å². The average molecular weight is 184 g/mol. The quantitative estimate of drug-likeness (QED) is 0.651. The van der Waals surface area contributed by atoms with Crippen LogP contribution in [0.25, 0.3) is 0 Å². The molecule has 0 bridgehead atoms. The van der Waals surface area contributed by atoms with Crippen molar-refractivity contribution in [2.24, 2.45) is 0 Å². The van der Waals surface area contributed by atoms with Crippen LogP contribution in [0.1, 0.15) is 36.8 Å². The lowest BCUT2D eigenvalue weighted by Crippen LogP contribution is -1.98. The van der Waals surface area contributed by atoms with Crippen molar-refractivity contribution in [2.45, 2.75) is 25.7 Å². The molecule has 0 aliphatic heterocycles. The van der Waals surface area contributed by atoms with Gasteiger partial charge in [0.25, 0.3) is 0 Å². The van der Waals surface area contributed by atoms with Crippen LogP contribution in [-0.4, -0.2) is 0 Å². The maximum Gasteiger partial charge on any atom is 0.0207 e.